The summed E-state index contributed by atoms with van der Waals surface area (Å²) in [4.78, 5) is 18.2. The Morgan fingerprint density at radius 3 is 2.29 bits per heavy atom. The maximum Gasteiger partial charge on any atom is 2.00 e. The zero-order chi connectivity index (χ0) is 4.99. The van der Waals surface area contributed by atoms with Crippen molar-refractivity contribution in [1.29, 1.82) is 0 Å². The molecule has 38 valence electrons. The molecule has 0 saturated heterocycles. The van der Waals surface area contributed by atoms with Crippen LogP contribution in [-0.4, -0.2) is 55.5 Å². The van der Waals surface area contributed by atoms with Crippen molar-refractivity contribution >= 4 is 50.4 Å². The maximum atomic E-state index is 9.15. The quantitative estimate of drug-likeness (QED) is 0.230. The SMILES string of the molecule is O=COC(=O)O.[Ca+2].[H-].[H-]. The first-order valence-corrected chi connectivity index (χ1v) is 1.10. The molecular formula is C2H4CaO4. The molecule has 0 aromatic rings. The summed E-state index contributed by atoms with van der Waals surface area (Å²) in [5.41, 5.74) is 0. The van der Waals surface area contributed by atoms with Crippen molar-refractivity contribution in [2.45, 2.75) is 0 Å². The molecule has 1 N–H and O–H groups in total. The van der Waals surface area contributed by atoms with Gasteiger partial charge in [-0.25, -0.2) is 4.79 Å². The first-order valence-electron chi connectivity index (χ1n) is 1.10. The Labute approximate surface area is 72.4 Å². The van der Waals surface area contributed by atoms with Gasteiger partial charge in [-0.3, -0.25) is 4.79 Å². The Balaban J connectivity index is -0.0000000417. The molecule has 0 fully saturated rings. The average Bonchev–Trinajstić information content (AvgIpc) is 1.35. The van der Waals surface area contributed by atoms with E-state index in [1.54, 1.807) is 0 Å². The molecular weight excluding hydrogens is 128 g/mol. The van der Waals surface area contributed by atoms with Crippen molar-refractivity contribution in [3.05, 3.63) is 0 Å². The van der Waals surface area contributed by atoms with E-state index in [-0.39, 0.29) is 47.1 Å². The predicted molar refractivity (Wildman–Crippen MR) is 23.2 cm³/mol. The van der Waals surface area contributed by atoms with Crippen LogP contribution in [0, 0.1) is 0 Å². The molecule has 0 aromatic carbocycles. The summed E-state index contributed by atoms with van der Waals surface area (Å²) in [6.45, 7) is -0.150. The van der Waals surface area contributed by atoms with Gasteiger partial charge in [-0.15, -0.1) is 0 Å². The zero-order valence-electron chi connectivity index (χ0n) is 5.46. The van der Waals surface area contributed by atoms with E-state index in [4.69, 9.17) is 14.7 Å². The molecule has 7 heavy (non-hydrogen) atoms. The monoisotopic (exact) mass is 132 g/mol. The summed E-state index contributed by atoms with van der Waals surface area (Å²) < 4.78 is 3.28. The van der Waals surface area contributed by atoms with E-state index in [2.05, 4.69) is 4.74 Å². The molecule has 5 heteroatoms. The van der Waals surface area contributed by atoms with Gasteiger partial charge < -0.3 is 12.7 Å². The van der Waals surface area contributed by atoms with Crippen LogP contribution in [0.15, 0.2) is 0 Å². The molecule has 0 aliphatic rings. The number of hydrogen-bond donors (Lipinski definition) is 1. The molecule has 0 aliphatic heterocycles. The van der Waals surface area contributed by atoms with Gasteiger partial charge >= 0.3 is 50.4 Å². The smallest absolute Gasteiger partial charge is 1.00 e. The molecule has 0 radical (unpaired) electrons. The third-order valence-electron chi connectivity index (χ3n) is 0.149. The minimum Gasteiger partial charge on any atom is -1.00 e. The topological polar surface area (TPSA) is 63.6 Å². The summed E-state index contributed by atoms with van der Waals surface area (Å²) in [6.07, 6.45) is -1.58. The summed E-state index contributed by atoms with van der Waals surface area (Å²) in [5.74, 6) is 0. The maximum absolute atomic E-state index is 9.15. The summed E-state index contributed by atoms with van der Waals surface area (Å²) in [6, 6.07) is 0. The van der Waals surface area contributed by atoms with Gasteiger partial charge in [0.05, 0.1) is 0 Å². The van der Waals surface area contributed by atoms with Crippen LogP contribution in [0.4, 0.5) is 4.79 Å². The molecule has 0 spiro atoms. The molecule has 0 bridgehead atoms. The second-order valence-corrected chi connectivity index (χ2v) is 0.480. The molecule has 0 heterocycles. The van der Waals surface area contributed by atoms with Crippen LogP contribution >= 0.6 is 0 Å². The normalized spacial score (nSPS) is 5.71. The Hall–Kier alpha value is 0.200. The first-order chi connectivity index (χ1) is 2.77. The minimum atomic E-state index is -1.58. The van der Waals surface area contributed by atoms with Gasteiger partial charge in [0.15, 0.2) is 0 Å². The van der Waals surface area contributed by atoms with Crippen molar-refractivity contribution in [3.8, 4) is 0 Å². The predicted octanol–water partition coefficient (Wildman–Crippen LogP) is -0.318. The summed E-state index contributed by atoms with van der Waals surface area (Å²) in [7, 11) is 0. The van der Waals surface area contributed by atoms with Crippen LogP contribution in [0.1, 0.15) is 2.85 Å². The van der Waals surface area contributed by atoms with Crippen molar-refractivity contribution in [2.75, 3.05) is 0 Å². The van der Waals surface area contributed by atoms with Crippen LogP contribution < -0.4 is 0 Å². The van der Waals surface area contributed by atoms with Crippen LogP contribution in [0.25, 0.3) is 0 Å². The van der Waals surface area contributed by atoms with E-state index in [0.29, 0.717) is 0 Å². The van der Waals surface area contributed by atoms with Gasteiger partial charge in [-0.1, -0.05) is 0 Å². The molecule has 0 aliphatic carbocycles. The van der Waals surface area contributed by atoms with E-state index >= 15 is 0 Å². The van der Waals surface area contributed by atoms with E-state index in [9.17, 15) is 0 Å². The molecule has 4 nitrogen and oxygen atoms in total. The molecule has 0 atom stereocenters. The Morgan fingerprint density at radius 1 is 1.86 bits per heavy atom. The molecule has 0 aromatic heterocycles. The third kappa shape index (κ3) is 10.7. The van der Waals surface area contributed by atoms with Crippen molar-refractivity contribution in [3.63, 3.8) is 0 Å². The van der Waals surface area contributed by atoms with Crippen LogP contribution in [0.5, 0.6) is 0 Å². The number of carboxylic acid groups (broad SMARTS) is 1. The van der Waals surface area contributed by atoms with Gasteiger partial charge in [0.25, 0.3) is 0 Å². The number of carbonyl (C=O) groups is 2. The number of ether oxygens (including phenoxy) is 1. The molecule has 0 unspecified atom stereocenters. The summed E-state index contributed by atoms with van der Waals surface area (Å²) >= 11 is 0. The standard InChI is InChI=1S/C2H2O4.Ca.2H/c3-1-6-2(4)5;;;/h1H,(H,4,5);;;/q;+2;2*-1. The summed E-state index contributed by atoms with van der Waals surface area (Å²) in [5, 5.41) is 7.46. The zero-order valence-corrected chi connectivity index (χ0v) is 5.66. The van der Waals surface area contributed by atoms with Gasteiger partial charge in [-0.05, 0) is 0 Å². The molecule has 0 amide bonds. The first kappa shape index (κ1) is 10.2. The van der Waals surface area contributed by atoms with Crippen molar-refractivity contribution in [1.82, 2.24) is 0 Å². The second-order valence-electron chi connectivity index (χ2n) is 0.480. The minimum absolute atomic E-state index is 0. The van der Waals surface area contributed by atoms with Crippen LogP contribution in [-0.2, 0) is 9.53 Å². The molecule has 0 rings (SSSR count). The van der Waals surface area contributed by atoms with Gasteiger partial charge in [0.1, 0.15) is 0 Å². The number of carbonyl (C=O) groups excluding carboxylic acids is 1. The third-order valence-corrected chi connectivity index (χ3v) is 0.149. The Kier molecular flexibility index (Phi) is 9.07. The average molecular weight is 132 g/mol. The van der Waals surface area contributed by atoms with Crippen molar-refractivity contribution < 1.29 is 22.3 Å². The van der Waals surface area contributed by atoms with Gasteiger partial charge in [-0.2, -0.15) is 0 Å². The fraction of sp³-hybridized carbons (Fsp3) is 0. The molecule has 0 saturated carbocycles. The van der Waals surface area contributed by atoms with E-state index in [1.807, 2.05) is 0 Å². The number of rotatable bonds is 1. The Bertz CT molecular complexity index is 77.0. The number of hydrogen-bond acceptors (Lipinski definition) is 3. The largest absolute Gasteiger partial charge is 2.00 e. The van der Waals surface area contributed by atoms with Crippen LogP contribution in [0.2, 0.25) is 0 Å². The van der Waals surface area contributed by atoms with E-state index in [0.717, 1.165) is 0 Å². The second kappa shape index (κ2) is 6.20. The fourth-order valence-corrected chi connectivity index (χ4v) is 0.0412. The van der Waals surface area contributed by atoms with Crippen LogP contribution in [0.3, 0.4) is 0 Å². The van der Waals surface area contributed by atoms with Gasteiger partial charge in [0, 0.05) is 0 Å². The van der Waals surface area contributed by atoms with E-state index < -0.39 is 6.16 Å². The van der Waals surface area contributed by atoms with Crippen molar-refractivity contribution in [2.24, 2.45) is 0 Å². The Morgan fingerprint density at radius 2 is 2.29 bits per heavy atom. The fourth-order valence-electron chi connectivity index (χ4n) is 0.0412. The van der Waals surface area contributed by atoms with E-state index in [1.165, 1.54) is 0 Å². The van der Waals surface area contributed by atoms with Gasteiger partial charge in [0.2, 0.25) is 0 Å².